The minimum Gasteiger partial charge on any atom is -0.492 e. The molecule has 1 atom stereocenters. The van der Waals surface area contributed by atoms with E-state index in [4.69, 9.17) is 5.73 Å². The molecule has 5 rings (SSSR count). The van der Waals surface area contributed by atoms with Crippen molar-refractivity contribution in [3.05, 3.63) is 105 Å². The number of benzene rings is 3. The number of carbonyl (C=O) groups excluding carboxylic acids is 1. The summed E-state index contributed by atoms with van der Waals surface area (Å²) in [6.07, 6.45) is 2.67. The normalized spacial score (nSPS) is 13.8. The van der Waals surface area contributed by atoms with E-state index in [0.29, 0.717) is 35.1 Å². The van der Waals surface area contributed by atoms with Gasteiger partial charge in [-0.1, -0.05) is 37.3 Å². The van der Waals surface area contributed by atoms with E-state index < -0.39 is 43.9 Å². The second-order valence-corrected chi connectivity index (χ2v) is 12.1. The topological polar surface area (TPSA) is 156 Å². The molecular weight excluding hydrogens is 559 g/mol. The summed E-state index contributed by atoms with van der Waals surface area (Å²) in [6.45, 7) is 1.84. The highest BCUT2D eigenvalue weighted by Gasteiger charge is 2.33. The molecule has 1 heterocycles. The maximum Gasteiger partial charge on any atom is 0.277 e. The third-order valence-electron chi connectivity index (χ3n) is 7.39. The zero-order chi connectivity index (χ0) is 30.2. The number of nitriles is 1. The predicted molar refractivity (Wildman–Crippen MR) is 152 cm³/mol. The van der Waals surface area contributed by atoms with Gasteiger partial charge in [0.25, 0.3) is 5.56 Å². The molecule has 1 aromatic heterocycles. The van der Waals surface area contributed by atoms with Crippen molar-refractivity contribution in [2.45, 2.75) is 48.4 Å². The van der Waals surface area contributed by atoms with Crippen LogP contribution in [-0.4, -0.2) is 29.0 Å². The van der Waals surface area contributed by atoms with Gasteiger partial charge in [-0.15, -0.1) is 0 Å². The Morgan fingerprint density at radius 2 is 1.88 bits per heavy atom. The van der Waals surface area contributed by atoms with Gasteiger partial charge in [0.15, 0.2) is 4.90 Å². The Morgan fingerprint density at radius 1 is 1.17 bits per heavy atom. The Hall–Kier alpha value is -4.82. The first-order chi connectivity index (χ1) is 20.0. The molecule has 0 bridgehead atoms. The number of hydrogen-bond acceptors (Lipinski definition) is 7. The van der Waals surface area contributed by atoms with Crippen LogP contribution in [0.25, 0.3) is 11.1 Å². The fourth-order valence-corrected chi connectivity index (χ4v) is 6.46. The van der Waals surface area contributed by atoms with Gasteiger partial charge in [-0.05, 0) is 78.3 Å². The number of nitrogens with two attached hydrogens (primary N) is 1. The molecule has 0 radical (unpaired) electrons. The molecular formula is C31H27FN4O5S. The van der Waals surface area contributed by atoms with Crippen LogP contribution in [0.4, 0.5) is 4.39 Å². The number of halogens is 1. The van der Waals surface area contributed by atoms with Crippen LogP contribution in [-0.2, 0) is 16.3 Å². The average molecular weight is 587 g/mol. The number of rotatable bonds is 9. The molecule has 42 heavy (non-hydrogen) atoms. The largest absolute Gasteiger partial charge is 0.492 e. The molecule has 3 aromatic carbocycles. The summed E-state index contributed by atoms with van der Waals surface area (Å²) in [5.41, 5.74) is 6.13. The van der Waals surface area contributed by atoms with Crippen LogP contribution in [0.3, 0.4) is 0 Å². The van der Waals surface area contributed by atoms with Gasteiger partial charge in [0, 0.05) is 12.0 Å². The summed E-state index contributed by atoms with van der Waals surface area (Å²) in [4.78, 5) is 29.0. The minimum atomic E-state index is -4.57. The third-order valence-corrected chi connectivity index (χ3v) is 9.18. The predicted octanol–water partition coefficient (Wildman–Crippen LogP) is 4.51. The van der Waals surface area contributed by atoms with Gasteiger partial charge in [-0.25, -0.2) is 12.8 Å². The first-order valence-electron chi connectivity index (χ1n) is 13.3. The van der Waals surface area contributed by atoms with Gasteiger partial charge in [0.1, 0.15) is 11.6 Å². The number of carbonyl (C=O) groups is 1. The number of sulfone groups is 1. The number of aromatic nitrogens is 2. The minimum absolute atomic E-state index is 0.0762. The fourth-order valence-electron chi connectivity index (χ4n) is 5.12. The van der Waals surface area contributed by atoms with Crippen molar-refractivity contribution in [1.29, 1.82) is 5.26 Å². The lowest BCUT2D eigenvalue weighted by atomic mass is 9.99. The summed E-state index contributed by atoms with van der Waals surface area (Å²) >= 11 is 0. The van der Waals surface area contributed by atoms with Crippen molar-refractivity contribution in [2.24, 2.45) is 11.7 Å². The van der Waals surface area contributed by atoms with Gasteiger partial charge >= 0.3 is 0 Å². The summed E-state index contributed by atoms with van der Waals surface area (Å²) < 4.78 is 42.7. The highest BCUT2D eigenvalue weighted by atomic mass is 32.2. The maximum atomic E-state index is 14.0. The molecule has 0 saturated heterocycles. The lowest BCUT2D eigenvalue weighted by Crippen LogP contribution is -2.33. The van der Waals surface area contributed by atoms with Gasteiger partial charge in [0.2, 0.25) is 21.6 Å². The molecule has 1 saturated carbocycles. The van der Waals surface area contributed by atoms with Crippen molar-refractivity contribution < 1.29 is 22.7 Å². The Labute approximate surface area is 241 Å². The standard InChI is InChI=1S/C31H27FN4O5S/c1-2-26(21-5-3-4-19(14-21)17-33)36-27(15-18-6-7-18)35-30(38)28(31(36)39)42(40,41)23-11-8-20(9-12-23)24-13-10-22(32)16-25(24)29(34)37/h3-5,8-14,16,18,26,38H,2,6-7,15H2,1H3,(H2,34,37)/t26-/m0/s1. The number of amides is 1. The van der Waals surface area contributed by atoms with E-state index in [2.05, 4.69) is 11.1 Å². The van der Waals surface area contributed by atoms with Crippen molar-refractivity contribution >= 4 is 15.7 Å². The van der Waals surface area contributed by atoms with Gasteiger partial charge in [0.05, 0.1) is 22.6 Å². The summed E-state index contributed by atoms with van der Waals surface area (Å²) in [6, 6.07) is 17.0. The molecule has 1 amide bonds. The maximum absolute atomic E-state index is 14.0. The van der Waals surface area contributed by atoms with Crippen LogP contribution in [0.2, 0.25) is 0 Å². The Kier molecular flexibility index (Phi) is 7.67. The summed E-state index contributed by atoms with van der Waals surface area (Å²) in [5, 5.41) is 20.3. The zero-order valence-corrected chi connectivity index (χ0v) is 23.4. The van der Waals surface area contributed by atoms with E-state index in [1.165, 1.54) is 34.9 Å². The van der Waals surface area contributed by atoms with Crippen LogP contribution >= 0.6 is 0 Å². The molecule has 11 heteroatoms. The smallest absolute Gasteiger partial charge is 0.277 e. The molecule has 0 unspecified atom stereocenters. The fraction of sp³-hybridized carbons (Fsp3) is 0.226. The number of aromatic hydroxyl groups is 1. The molecule has 1 aliphatic rings. The van der Waals surface area contributed by atoms with E-state index in [0.717, 1.165) is 25.0 Å². The Morgan fingerprint density at radius 3 is 2.50 bits per heavy atom. The molecule has 9 nitrogen and oxygen atoms in total. The van der Waals surface area contributed by atoms with Gasteiger partial charge in [-0.2, -0.15) is 10.2 Å². The highest BCUT2D eigenvalue weighted by molar-refractivity contribution is 7.91. The average Bonchev–Trinajstić information content (AvgIpc) is 3.79. The van der Waals surface area contributed by atoms with E-state index in [1.54, 1.807) is 24.3 Å². The van der Waals surface area contributed by atoms with Crippen molar-refractivity contribution in [1.82, 2.24) is 9.55 Å². The SMILES string of the molecule is CC[C@@H](c1cccc(C#N)c1)n1c(CC2CC2)nc(O)c(S(=O)(=O)c2ccc(-c3ccc(F)cc3C(N)=O)cc2)c1=O. The number of hydrogen-bond donors (Lipinski definition) is 2. The van der Waals surface area contributed by atoms with E-state index in [-0.39, 0.29) is 22.2 Å². The number of primary amides is 1. The Balaban J connectivity index is 1.63. The second kappa shape index (κ2) is 11.2. The first-order valence-corrected chi connectivity index (χ1v) is 14.8. The second-order valence-electron chi connectivity index (χ2n) is 10.2. The van der Waals surface area contributed by atoms with E-state index in [1.807, 2.05) is 6.92 Å². The molecule has 3 N–H and O–H groups in total. The van der Waals surface area contributed by atoms with Crippen molar-refractivity contribution in [2.75, 3.05) is 0 Å². The van der Waals surface area contributed by atoms with Crippen LogP contribution in [0.1, 0.15) is 59.5 Å². The van der Waals surface area contributed by atoms with Crippen LogP contribution in [0.5, 0.6) is 5.88 Å². The van der Waals surface area contributed by atoms with Crippen molar-refractivity contribution in [3.63, 3.8) is 0 Å². The first kappa shape index (κ1) is 28.7. The van der Waals surface area contributed by atoms with Crippen molar-refractivity contribution in [3.8, 4) is 23.1 Å². The highest BCUT2D eigenvalue weighted by Crippen LogP contribution is 2.35. The zero-order valence-electron chi connectivity index (χ0n) is 22.6. The quantitative estimate of drug-likeness (QED) is 0.292. The lowest BCUT2D eigenvalue weighted by Gasteiger charge is -2.23. The lowest BCUT2D eigenvalue weighted by molar-refractivity contribution is 0.100. The summed E-state index contributed by atoms with van der Waals surface area (Å²) in [5.74, 6) is -1.84. The molecule has 0 aliphatic heterocycles. The third kappa shape index (κ3) is 5.41. The molecule has 1 fully saturated rings. The van der Waals surface area contributed by atoms with Crippen LogP contribution in [0, 0.1) is 23.1 Å². The number of nitrogens with zero attached hydrogens (tertiary/aromatic N) is 3. The van der Waals surface area contributed by atoms with Crippen LogP contribution in [0.15, 0.2) is 81.3 Å². The monoisotopic (exact) mass is 586 g/mol. The van der Waals surface area contributed by atoms with E-state index >= 15 is 0 Å². The molecule has 1 aliphatic carbocycles. The molecule has 4 aromatic rings. The van der Waals surface area contributed by atoms with Gasteiger partial charge < -0.3 is 10.8 Å². The summed E-state index contributed by atoms with van der Waals surface area (Å²) in [7, 11) is -4.57. The molecule has 214 valence electrons. The Bertz CT molecular complexity index is 1910. The molecule has 0 spiro atoms. The van der Waals surface area contributed by atoms with Gasteiger partial charge in [-0.3, -0.25) is 14.2 Å². The van der Waals surface area contributed by atoms with Crippen LogP contribution < -0.4 is 11.3 Å². The van der Waals surface area contributed by atoms with E-state index in [9.17, 15) is 32.8 Å².